The average molecular weight is 348 g/mol. The predicted octanol–water partition coefficient (Wildman–Crippen LogP) is 3.72. The van der Waals surface area contributed by atoms with Crippen molar-refractivity contribution in [2.45, 2.75) is 45.1 Å². The highest BCUT2D eigenvalue weighted by Gasteiger charge is 2.29. The number of likely N-dealkylation sites (tertiary alicyclic amines) is 1. The van der Waals surface area contributed by atoms with Crippen LogP contribution in [0, 0.1) is 6.92 Å². The Kier molecular flexibility index (Phi) is 4.69. The Morgan fingerprint density at radius 3 is 2.88 bits per heavy atom. The molecule has 1 aromatic carbocycles. The minimum atomic E-state index is 0.0804. The van der Waals surface area contributed by atoms with E-state index in [2.05, 4.69) is 27.1 Å². The number of carbonyl (C=O) groups is 1. The number of nitrogens with zero attached hydrogens (tertiary/aromatic N) is 4. The van der Waals surface area contributed by atoms with Crippen LogP contribution in [-0.4, -0.2) is 31.9 Å². The lowest BCUT2D eigenvalue weighted by Gasteiger charge is -2.36. The Bertz CT molecular complexity index is 903. The molecule has 1 saturated heterocycles. The summed E-state index contributed by atoms with van der Waals surface area (Å²) in [4.78, 5) is 19.4. The number of hydrogen-bond acceptors (Lipinski definition) is 3. The topological polar surface area (TPSA) is 50.5 Å². The number of aromatic nitrogens is 3. The highest BCUT2D eigenvalue weighted by molar-refractivity contribution is 5.77. The van der Waals surface area contributed by atoms with Crippen LogP contribution in [0.5, 0.6) is 0 Å². The maximum absolute atomic E-state index is 13.0. The maximum atomic E-state index is 13.0. The summed E-state index contributed by atoms with van der Waals surface area (Å²) < 4.78 is 1.91. The fourth-order valence-corrected chi connectivity index (χ4v) is 3.86. The van der Waals surface area contributed by atoms with E-state index >= 15 is 0 Å². The second-order valence-electron chi connectivity index (χ2n) is 7.01. The molecule has 26 heavy (non-hydrogen) atoms. The van der Waals surface area contributed by atoms with Gasteiger partial charge in [0.1, 0.15) is 0 Å². The number of amides is 1. The van der Waals surface area contributed by atoms with Gasteiger partial charge in [0, 0.05) is 25.2 Å². The first-order valence-electron chi connectivity index (χ1n) is 9.37. The molecule has 1 amide bonds. The normalized spacial score (nSPS) is 17.6. The Balaban J connectivity index is 1.57. The molecule has 5 nitrogen and oxygen atoms in total. The van der Waals surface area contributed by atoms with Crippen LogP contribution in [0.15, 0.2) is 48.7 Å². The van der Waals surface area contributed by atoms with Crippen molar-refractivity contribution in [3.8, 4) is 0 Å². The Labute approximate surface area is 153 Å². The molecule has 1 fully saturated rings. The first-order chi connectivity index (χ1) is 12.7. The summed E-state index contributed by atoms with van der Waals surface area (Å²) in [6.45, 7) is 2.80. The third-order valence-corrected chi connectivity index (χ3v) is 5.14. The Morgan fingerprint density at radius 2 is 2.04 bits per heavy atom. The van der Waals surface area contributed by atoms with Crippen molar-refractivity contribution in [2.24, 2.45) is 0 Å². The molecule has 0 spiro atoms. The fraction of sp³-hybridized carbons (Fsp3) is 0.381. The zero-order chi connectivity index (χ0) is 17.9. The maximum Gasteiger partial charge on any atom is 0.223 e. The first-order valence-corrected chi connectivity index (χ1v) is 9.37. The first kappa shape index (κ1) is 16.8. The van der Waals surface area contributed by atoms with Crippen molar-refractivity contribution < 1.29 is 4.79 Å². The van der Waals surface area contributed by atoms with Gasteiger partial charge in [-0.2, -0.15) is 5.10 Å². The third kappa shape index (κ3) is 3.34. The summed E-state index contributed by atoms with van der Waals surface area (Å²) in [5.41, 5.74) is 4.07. The van der Waals surface area contributed by atoms with Gasteiger partial charge in [-0.15, -0.1) is 0 Å². The quantitative estimate of drug-likeness (QED) is 0.722. The van der Waals surface area contributed by atoms with Crippen LogP contribution in [0.25, 0.3) is 5.65 Å². The van der Waals surface area contributed by atoms with Crippen LogP contribution in [0.3, 0.4) is 0 Å². The Hall–Kier alpha value is -2.69. The second kappa shape index (κ2) is 7.28. The van der Waals surface area contributed by atoms with Gasteiger partial charge in [-0.3, -0.25) is 4.79 Å². The predicted molar refractivity (Wildman–Crippen MR) is 101 cm³/mol. The van der Waals surface area contributed by atoms with E-state index in [0.717, 1.165) is 49.3 Å². The molecule has 2 aromatic heterocycles. The molecule has 1 atom stereocenters. The van der Waals surface area contributed by atoms with Gasteiger partial charge in [-0.1, -0.05) is 30.3 Å². The van der Waals surface area contributed by atoms with Gasteiger partial charge in [0.25, 0.3) is 0 Å². The van der Waals surface area contributed by atoms with E-state index in [9.17, 15) is 4.79 Å². The largest absolute Gasteiger partial charge is 0.334 e. The molecule has 3 heterocycles. The molecule has 134 valence electrons. The summed E-state index contributed by atoms with van der Waals surface area (Å²) in [7, 11) is 0. The van der Waals surface area contributed by atoms with Crippen molar-refractivity contribution in [3.05, 3.63) is 65.6 Å². The highest BCUT2D eigenvalue weighted by atomic mass is 16.2. The molecule has 1 aliphatic heterocycles. The smallest absolute Gasteiger partial charge is 0.223 e. The van der Waals surface area contributed by atoms with Crippen LogP contribution in [0.4, 0.5) is 0 Å². The Morgan fingerprint density at radius 1 is 1.19 bits per heavy atom. The van der Waals surface area contributed by atoms with Gasteiger partial charge >= 0.3 is 0 Å². The monoisotopic (exact) mass is 348 g/mol. The van der Waals surface area contributed by atoms with Crippen LogP contribution < -0.4 is 0 Å². The summed E-state index contributed by atoms with van der Waals surface area (Å²) in [6, 6.07) is 14.3. The minimum Gasteiger partial charge on any atom is -0.334 e. The van der Waals surface area contributed by atoms with Crippen LogP contribution in [0.1, 0.15) is 48.7 Å². The van der Waals surface area contributed by atoms with E-state index in [0.29, 0.717) is 6.42 Å². The zero-order valence-corrected chi connectivity index (χ0v) is 15.1. The molecule has 0 N–H and O–H groups in total. The van der Waals surface area contributed by atoms with Crippen molar-refractivity contribution >= 4 is 11.6 Å². The lowest BCUT2D eigenvalue weighted by atomic mass is 9.98. The van der Waals surface area contributed by atoms with Crippen LogP contribution >= 0.6 is 0 Å². The zero-order valence-electron chi connectivity index (χ0n) is 15.1. The van der Waals surface area contributed by atoms with Gasteiger partial charge in [-0.05, 0) is 44.2 Å². The van der Waals surface area contributed by atoms with Gasteiger partial charge in [0.05, 0.1) is 17.4 Å². The SMILES string of the molecule is Cc1cc2nccc([C@@H]3CCCCN3C(=O)CCc3ccccc3)n2n1. The molecule has 5 heteroatoms. The van der Waals surface area contributed by atoms with E-state index < -0.39 is 0 Å². The van der Waals surface area contributed by atoms with Crippen LogP contribution in [-0.2, 0) is 11.2 Å². The van der Waals surface area contributed by atoms with Crippen molar-refractivity contribution in [3.63, 3.8) is 0 Å². The number of rotatable bonds is 4. The summed E-state index contributed by atoms with van der Waals surface area (Å²) in [6.07, 6.45) is 6.35. The molecular formula is C21H24N4O. The molecule has 1 aliphatic rings. The summed E-state index contributed by atoms with van der Waals surface area (Å²) in [5, 5.41) is 4.59. The molecule has 4 rings (SSSR count). The molecule has 3 aromatic rings. The van der Waals surface area contributed by atoms with Gasteiger partial charge in [0.2, 0.25) is 5.91 Å². The minimum absolute atomic E-state index is 0.0804. The molecule has 0 aliphatic carbocycles. The van der Waals surface area contributed by atoms with Crippen molar-refractivity contribution in [2.75, 3.05) is 6.54 Å². The lowest BCUT2D eigenvalue weighted by Crippen LogP contribution is -2.39. The van der Waals surface area contributed by atoms with Crippen molar-refractivity contribution in [1.29, 1.82) is 0 Å². The standard InChI is InChI=1S/C21H24N4O/c1-16-15-20-22-13-12-19(25(20)23-16)18-9-5-6-14-24(18)21(26)11-10-17-7-3-2-4-8-17/h2-4,7-8,12-13,15,18H,5-6,9-11,14H2,1H3/t18-/m0/s1. The third-order valence-electron chi connectivity index (χ3n) is 5.14. The molecule has 0 saturated carbocycles. The average Bonchev–Trinajstić information content (AvgIpc) is 3.07. The summed E-state index contributed by atoms with van der Waals surface area (Å²) in [5.74, 6) is 0.229. The fourth-order valence-electron chi connectivity index (χ4n) is 3.86. The highest BCUT2D eigenvalue weighted by Crippen LogP contribution is 2.31. The lowest BCUT2D eigenvalue weighted by molar-refractivity contribution is -0.135. The van der Waals surface area contributed by atoms with E-state index in [1.807, 2.05) is 48.0 Å². The van der Waals surface area contributed by atoms with Gasteiger partial charge in [0.15, 0.2) is 5.65 Å². The number of carbonyl (C=O) groups excluding carboxylic acids is 1. The number of fused-ring (bicyclic) bond motifs is 1. The summed E-state index contributed by atoms with van der Waals surface area (Å²) >= 11 is 0. The number of benzene rings is 1. The molecule has 0 bridgehead atoms. The van der Waals surface area contributed by atoms with E-state index in [4.69, 9.17) is 0 Å². The molecule has 0 radical (unpaired) electrons. The van der Waals surface area contributed by atoms with Crippen molar-refractivity contribution in [1.82, 2.24) is 19.5 Å². The number of aryl methyl sites for hydroxylation is 2. The molecule has 0 unspecified atom stereocenters. The van der Waals surface area contributed by atoms with E-state index in [1.54, 1.807) is 0 Å². The number of piperidine rings is 1. The molecular weight excluding hydrogens is 324 g/mol. The van der Waals surface area contributed by atoms with Crippen LogP contribution in [0.2, 0.25) is 0 Å². The van der Waals surface area contributed by atoms with Gasteiger partial charge in [-0.25, -0.2) is 9.50 Å². The second-order valence-corrected chi connectivity index (χ2v) is 7.01. The van der Waals surface area contributed by atoms with Gasteiger partial charge < -0.3 is 4.90 Å². The van der Waals surface area contributed by atoms with E-state index in [-0.39, 0.29) is 11.9 Å². The number of hydrogen-bond donors (Lipinski definition) is 0. The van der Waals surface area contributed by atoms with E-state index in [1.165, 1.54) is 5.56 Å².